The van der Waals surface area contributed by atoms with E-state index < -0.39 is 0 Å². The van der Waals surface area contributed by atoms with Gasteiger partial charge in [-0.3, -0.25) is 4.79 Å². The molecule has 1 aromatic carbocycles. The Kier molecular flexibility index (Phi) is 2.78. The van der Waals surface area contributed by atoms with Crippen LogP contribution in [-0.2, 0) is 7.05 Å². The third-order valence-corrected chi connectivity index (χ3v) is 3.76. The van der Waals surface area contributed by atoms with E-state index in [2.05, 4.69) is 28.2 Å². The molecule has 4 nitrogen and oxygen atoms in total. The Balaban J connectivity index is 2.50. The van der Waals surface area contributed by atoms with Gasteiger partial charge in [-0.1, -0.05) is 23.4 Å². The summed E-state index contributed by atoms with van der Waals surface area (Å²) in [5, 5.41) is 1.55. The van der Waals surface area contributed by atoms with E-state index in [1.54, 1.807) is 0 Å². The molecule has 2 heterocycles. The molecule has 0 bridgehead atoms. The van der Waals surface area contributed by atoms with Crippen molar-refractivity contribution in [1.82, 2.24) is 14.5 Å². The molecular weight excluding hydrogens is 258 g/mol. The average molecular weight is 271 g/mol. The second kappa shape index (κ2) is 4.35. The van der Waals surface area contributed by atoms with Crippen molar-refractivity contribution in [2.24, 2.45) is 7.05 Å². The number of hydrogen-bond donors (Lipinski definition) is 0. The number of hydrogen-bond acceptors (Lipinski definition) is 4. The molecule has 0 aromatic heterocycles. The minimum Gasteiger partial charge on any atom is -0.328 e. The molecule has 19 heavy (non-hydrogen) atoms. The van der Waals surface area contributed by atoms with Crippen LogP contribution in [-0.4, -0.2) is 20.8 Å². The summed E-state index contributed by atoms with van der Waals surface area (Å²) in [6, 6.07) is 8.05. The number of rotatable bonds is 1. The molecule has 0 unspecified atom stereocenters. The van der Waals surface area contributed by atoms with E-state index in [1.165, 1.54) is 17.3 Å². The summed E-state index contributed by atoms with van der Waals surface area (Å²) in [4.78, 5) is 20.5. The number of aromatic nitrogens is 3. The highest BCUT2D eigenvalue weighted by Crippen LogP contribution is 2.25. The first-order chi connectivity index (χ1) is 9.10. The van der Waals surface area contributed by atoms with Gasteiger partial charge in [0.1, 0.15) is 5.82 Å². The summed E-state index contributed by atoms with van der Waals surface area (Å²) in [5.74, 6) is 0.681. The molecule has 5 heteroatoms. The third-order valence-electron chi connectivity index (χ3n) is 3.21. The average Bonchev–Trinajstić information content (AvgIpc) is 2.39. The summed E-state index contributed by atoms with van der Waals surface area (Å²) < 4.78 is 1.95. The van der Waals surface area contributed by atoms with Gasteiger partial charge >= 0.3 is 0 Å². The Hall–Kier alpha value is -1.88. The smallest absolute Gasteiger partial charge is 0.283 e. The molecule has 0 fully saturated rings. The second-order valence-electron chi connectivity index (χ2n) is 4.52. The number of nitrogens with zero attached hydrogens (tertiary/aromatic N) is 3. The zero-order valence-corrected chi connectivity index (χ0v) is 11.8. The topological polar surface area (TPSA) is 47.8 Å². The molecule has 0 radical (unpaired) electrons. The Labute approximate surface area is 114 Å². The van der Waals surface area contributed by atoms with Crippen molar-refractivity contribution in [3.8, 4) is 11.4 Å². The van der Waals surface area contributed by atoms with Crippen LogP contribution in [0.25, 0.3) is 22.3 Å². The fraction of sp³-hybridized carbons (Fsp3) is 0.214. The van der Waals surface area contributed by atoms with Crippen LogP contribution < -0.4 is 5.56 Å². The van der Waals surface area contributed by atoms with Gasteiger partial charge in [-0.25, -0.2) is 4.98 Å². The lowest BCUT2D eigenvalue weighted by Gasteiger charge is -2.14. The minimum absolute atomic E-state index is 0.214. The van der Waals surface area contributed by atoms with E-state index in [4.69, 9.17) is 0 Å². The quantitative estimate of drug-likeness (QED) is 0.387. The number of benzene rings is 1. The zero-order chi connectivity index (χ0) is 13.6. The van der Waals surface area contributed by atoms with Crippen molar-refractivity contribution in [2.45, 2.75) is 12.1 Å². The van der Waals surface area contributed by atoms with Crippen LogP contribution in [0.5, 0.6) is 0 Å². The number of thioether (sulfide) groups is 1. The molecule has 3 rings (SSSR count). The first-order valence-corrected chi connectivity index (χ1v) is 7.15. The van der Waals surface area contributed by atoms with Gasteiger partial charge in [0.15, 0.2) is 5.16 Å². The van der Waals surface area contributed by atoms with E-state index >= 15 is 0 Å². The maximum atomic E-state index is 12.1. The molecule has 2 aliphatic heterocycles. The van der Waals surface area contributed by atoms with Gasteiger partial charge in [0, 0.05) is 12.6 Å². The number of pyridine rings is 1. The molecule has 0 saturated heterocycles. The van der Waals surface area contributed by atoms with Crippen LogP contribution in [0, 0.1) is 6.92 Å². The monoisotopic (exact) mass is 271 g/mol. The second-order valence-corrected chi connectivity index (χ2v) is 5.29. The van der Waals surface area contributed by atoms with Crippen LogP contribution in [0.15, 0.2) is 34.2 Å². The largest absolute Gasteiger partial charge is 0.328 e. The molecule has 0 amide bonds. The van der Waals surface area contributed by atoms with Crippen LogP contribution >= 0.6 is 11.8 Å². The summed E-state index contributed by atoms with van der Waals surface area (Å²) in [5.41, 5.74) is 2.58. The van der Waals surface area contributed by atoms with Gasteiger partial charge in [-0.15, -0.1) is 0 Å². The SMILES string of the molecule is CSc1nc2n(C)c3ccc(C)cc3cc-2c(=O)n1. The summed E-state index contributed by atoms with van der Waals surface area (Å²) in [6.07, 6.45) is 1.87. The lowest BCUT2D eigenvalue weighted by Crippen LogP contribution is -2.17. The van der Waals surface area contributed by atoms with Gasteiger partial charge in [0.2, 0.25) is 0 Å². The first-order valence-electron chi connectivity index (χ1n) is 5.92. The maximum Gasteiger partial charge on any atom is 0.283 e. The van der Waals surface area contributed by atoms with Gasteiger partial charge in [-0.2, -0.15) is 4.98 Å². The Morgan fingerprint density at radius 1 is 1.21 bits per heavy atom. The summed E-state index contributed by atoms with van der Waals surface area (Å²) in [7, 11) is 1.93. The van der Waals surface area contributed by atoms with Crippen molar-refractivity contribution < 1.29 is 0 Å². The van der Waals surface area contributed by atoms with Crippen LogP contribution in [0.2, 0.25) is 0 Å². The number of aryl methyl sites for hydroxylation is 2. The van der Waals surface area contributed by atoms with E-state index in [1.807, 2.05) is 30.9 Å². The normalized spacial score (nSPS) is 11.3. The molecule has 0 N–H and O–H groups in total. The third kappa shape index (κ3) is 1.90. The van der Waals surface area contributed by atoms with E-state index in [0.717, 1.165) is 10.9 Å². The Bertz CT molecular complexity index is 810. The molecule has 0 atom stereocenters. The minimum atomic E-state index is -0.214. The fourth-order valence-electron chi connectivity index (χ4n) is 2.26. The lowest BCUT2D eigenvalue weighted by molar-refractivity contribution is 0.850. The van der Waals surface area contributed by atoms with Crippen molar-refractivity contribution in [3.05, 3.63) is 40.2 Å². The van der Waals surface area contributed by atoms with Crippen molar-refractivity contribution in [3.63, 3.8) is 0 Å². The van der Waals surface area contributed by atoms with E-state index in [9.17, 15) is 4.79 Å². The van der Waals surface area contributed by atoms with Crippen molar-refractivity contribution in [2.75, 3.05) is 6.26 Å². The number of fused-ring (bicyclic) bond motifs is 2. The maximum absolute atomic E-state index is 12.1. The molecule has 0 aliphatic carbocycles. The van der Waals surface area contributed by atoms with Gasteiger partial charge in [-0.05, 0) is 36.8 Å². The highest BCUT2D eigenvalue weighted by Gasteiger charge is 2.15. The van der Waals surface area contributed by atoms with Crippen molar-refractivity contribution >= 4 is 22.7 Å². The lowest BCUT2D eigenvalue weighted by atomic mass is 10.1. The molecular formula is C14H13N3OS. The first kappa shape index (κ1) is 12.2. The standard InChI is InChI=1S/C14H13N3OS/c1-8-4-5-11-9(6-8)7-10-12(17(11)2)15-14(19-3)16-13(10)18/h4-7H,1-3H3. The van der Waals surface area contributed by atoms with Crippen molar-refractivity contribution in [1.29, 1.82) is 0 Å². The fourth-order valence-corrected chi connectivity index (χ4v) is 2.61. The molecule has 0 spiro atoms. The Morgan fingerprint density at radius 2 is 2.00 bits per heavy atom. The highest BCUT2D eigenvalue weighted by molar-refractivity contribution is 7.98. The predicted octanol–water partition coefficient (Wildman–Crippen LogP) is 2.46. The molecule has 2 aliphatic rings. The van der Waals surface area contributed by atoms with Crippen LogP contribution in [0.1, 0.15) is 5.56 Å². The molecule has 96 valence electrons. The van der Waals surface area contributed by atoms with Gasteiger partial charge in [0.05, 0.1) is 5.56 Å². The van der Waals surface area contributed by atoms with Crippen LogP contribution in [0.4, 0.5) is 0 Å². The van der Waals surface area contributed by atoms with E-state index in [0.29, 0.717) is 16.5 Å². The van der Waals surface area contributed by atoms with Gasteiger partial charge in [0.25, 0.3) is 5.56 Å². The van der Waals surface area contributed by atoms with E-state index in [-0.39, 0.29) is 5.56 Å². The molecule has 1 aromatic rings. The predicted molar refractivity (Wildman–Crippen MR) is 77.9 cm³/mol. The molecule has 0 saturated carbocycles. The summed E-state index contributed by atoms with van der Waals surface area (Å²) >= 11 is 1.38. The Morgan fingerprint density at radius 3 is 2.74 bits per heavy atom. The highest BCUT2D eigenvalue weighted by atomic mass is 32.2. The summed E-state index contributed by atoms with van der Waals surface area (Å²) in [6.45, 7) is 2.04. The zero-order valence-electron chi connectivity index (χ0n) is 11.0. The van der Waals surface area contributed by atoms with Gasteiger partial charge < -0.3 is 4.57 Å². The van der Waals surface area contributed by atoms with Crippen LogP contribution in [0.3, 0.4) is 0 Å².